The molecule has 0 spiro atoms. The number of ether oxygens (including phenoxy) is 1. The van der Waals surface area contributed by atoms with Crippen LogP contribution in [0.3, 0.4) is 0 Å². The maximum absolute atomic E-state index is 13.4. The second-order valence-corrected chi connectivity index (χ2v) is 8.08. The van der Waals surface area contributed by atoms with Gasteiger partial charge in [0.15, 0.2) is 0 Å². The van der Waals surface area contributed by atoms with Gasteiger partial charge in [0.25, 0.3) is 0 Å². The predicted molar refractivity (Wildman–Crippen MR) is 109 cm³/mol. The summed E-state index contributed by atoms with van der Waals surface area (Å²) in [4.78, 5) is 12.7. The highest BCUT2D eigenvalue weighted by atomic mass is 32.2. The Hall–Kier alpha value is -2.80. The minimum absolute atomic E-state index is 0.0908. The molecule has 2 heterocycles. The topological polar surface area (TPSA) is 56.1 Å². The fraction of sp³-hybridized carbons (Fsp3) is 0.238. The summed E-state index contributed by atoms with van der Waals surface area (Å²) in [5.41, 5.74) is 3.40. The standard InChI is InChI=1S/C21H20FN3O2S/c1-12-18-19(16-6-4-5-7-17(16)27-3)28-13(2)21(26)23-20(18)25(24-12)15-10-8-14(22)9-11-15/h4-11,13,19H,1-3H3,(H,23,26). The van der Waals surface area contributed by atoms with Crippen LogP contribution < -0.4 is 10.1 Å². The van der Waals surface area contributed by atoms with E-state index in [9.17, 15) is 9.18 Å². The van der Waals surface area contributed by atoms with Gasteiger partial charge in [-0.1, -0.05) is 18.2 Å². The van der Waals surface area contributed by atoms with E-state index in [1.165, 1.54) is 12.1 Å². The lowest BCUT2D eigenvalue weighted by Crippen LogP contribution is -2.22. The average Bonchev–Trinajstić information content (AvgIpc) is 2.94. The molecule has 1 N–H and O–H groups in total. The first-order valence-electron chi connectivity index (χ1n) is 8.94. The number of para-hydroxylation sites is 1. The number of hydrogen-bond acceptors (Lipinski definition) is 4. The number of carbonyl (C=O) groups excluding carboxylic acids is 1. The minimum atomic E-state index is -0.321. The van der Waals surface area contributed by atoms with Gasteiger partial charge in [-0.15, -0.1) is 11.8 Å². The third-order valence-corrected chi connectivity index (χ3v) is 6.20. The summed E-state index contributed by atoms with van der Waals surface area (Å²) in [7, 11) is 1.64. The van der Waals surface area contributed by atoms with Crippen molar-refractivity contribution in [2.24, 2.45) is 0 Å². The Morgan fingerprint density at radius 3 is 2.61 bits per heavy atom. The largest absolute Gasteiger partial charge is 0.496 e. The molecule has 1 aliphatic heterocycles. The third-order valence-electron chi connectivity index (χ3n) is 4.81. The zero-order chi connectivity index (χ0) is 19.8. The van der Waals surface area contributed by atoms with E-state index < -0.39 is 0 Å². The van der Waals surface area contributed by atoms with Gasteiger partial charge in [-0.3, -0.25) is 4.79 Å². The Balaban J connectivity index is 1.93. The van der Waals surface area contributed by atoms with Crippen LogP contribution in [-0.4, -0.2) is 28.0 Å². The molecular weight excluding hydrogens is 377 g/mol. The number of carbonyl (C=O) groups is 1. The van der Waals surface area contributed by atoms with Crippen molar-refractivity contribution in [3.63, 3.8) is 0 Å². The molecule has 2 unspecified atom stereocenters. The molecule has 0 bridgehead atoms. The lowest BCUT2D eigenvalue weighted by molar-refractivity contribution is -0.115. The third kappa shape index (κ3) is 3.16. The van der Waals surface area contributed by atoms with E-state index in [2.05, 4.69) is 10.4 Å². The van der Waals surface area contributed by atoms with Crippen LogP contribution in [0.1, 0.15) is 29.0 Å². The molecule has 28 heavy (non-hydrogen) atoms. The first kappa shape index (κ1) is 18.6. The van der Waals surface area contributed by atoms with Crippen LogP contribution in [0.4, 0.5) is 10.2 Å². The first-order chi connectivity index (χ1) is 13.5. The van der Waals surface area contributed by atoms with Gasteiger partial charge in [0.05, 0.1) is 29.0 Å². The number of thioether (sulfide) groups is 1. The van der Waals surface area contributed by atoms with Crippen LogP contribution in [0.2, 0.25) is 0 Å². The number of hydrogen-bond donors (Lipinski definition) is 1. The summed E-state index contributed by atoms with van der Waals surface area (Å²) in [6.45, 7) is 3.81. The molecule has 0 fully saturated rings. The van der Waals surface area contributed by atoms with Gasteiger partial charge >= 0.3 is 0 Å². The highest BCUT2D eigenvalue weighted by molar-refractivity contribution is 8.01. The van der Waals surface area contributed by atoms with Crippen LogP contribution >= 0.6 is 11.8 Å². The molecule has 1 amide bonds. The van der Waals surface area contributed by atoms with E-state index in [0.29, 0.717) is 11.5 Å². The van der Waals surface area contributed by atoms with E-state index in [4.69, 9.17) is 4.74 Å². The zero-order valence-electron chi connectivity index (χ0n) is 15.8. The molecule has 2 aromatic carbocycles. The van der Waals surface area contributed by atoms with Crippen molar-refractivity contribution in [3.8, 4) is 11.4 Å². The number of halogens is 1. The fourth-order valence-electron chi connectivity index (χ4n) is 3.41. The highest BCUT2D eigenvalue weighted by Crippen LogP contribution is 2.48. The fourth-order valence-corrected chi connectivity index (χ4v) is 4.76. The van der Waals surface area contributed by atoms with E-state index >= 15 is 0 Å². The SMILES string of the molecule is COc1ccccc1C1SC(C)C(=O)Nc2c1c(C)nn2-c1ccc(F)cc1. The Morgan fingerprint density at radius 1 is 1.18 bits per heavy atom. The maximum Gasteiger partial charge on any atom is 0.238 e. The van der Waals surface area contributed by atoms with Crippen molar-refractivity contribution in [1.82, 2.24) is 9.78 Å². The number of anilines is 1. The number of rotatable bonds is 3. The second kappa shape index (κ2) is 7.31. The summed E-state index contributed by atoms with van der Waals surface area (Å²) < 4.78 is 20.6. The number of fused-ring (bicyclic) bond motifs is 1. The number of methoxy groups -OCH3 is 1. The predicted octanol–water partition coefficient (Wildman–Crippen LogP) is 4.49. The summed E-state index contributed by atoms with van der Waals surface area (Å²) in [5.74, 6) is 0.967. The Kier molecular flexibility index (Phi) is 4.85. The van der Waals surface area contributed by atoms with Crippen LogP contribution in [0.15, 0.2) is 48.5 Å². The zero-order valence-corrected chi connectivity index (χ0v) is 16.6. The number of benzene rings is 2. The lowest BCUT2D eigenvalue weighted by atomic mass is 10.0. The number of aromatic nitrogens is 2. The molecule has 1 aromatic heterocycles. The van der Waals surface area contributed by atoms with Crippen molar-refractivity contribution in [2.75, 3.05) is 12.4 Å². The molecule has 0 aliphatic carbocycles. The minimum Gasteiger partial charge on any atom is -0.496 e. The first-order valence-corrected chi connectivity index (χ1v) is 9.88. The molecule has 2 atom stereocenters. The van der Waals surface area contributed by atoms with Crippen LogP contribution in [-0.2, 0) is 4.79 Å². The number of amides is 1. The van der Waals surface area contributed by atoms with Crippen molar-refractivity contribution < 1.29 is 13.9 Å². The van der Waals surface area contributed by atoms with E-state index in [1.807, 2.05) is 38.1 Å². The van der Waals surface area contributed by atoms with Crippen LogP contribution in [0.5, 0.6) is 5.75 Å². The summed E-state index contributed by atoms with van der Waals surface area (Å²) >= 11 is 1.56. The summed E-state index contributed by atoms with van der Waals surface area (Å²) in [5, 5.41) is 7.28. The van der Waals surface area contributed by atoms with Crippen LogP contribution in [0, 0.1) is 12.7 Å². The number of nitrogens with zero attached hydrogens (tertiary/aromatic N) is 2. The van der Waals surface area contributed by atoms with Gasteiger partial charge in [0.1, 0.15) is 17.4 Å². The summed E-state index contributed by atoms with van der Waals surface area (Å²) in [6.07, 6.45) is 0. The van der Waals surface area contributed by atoms with Gasteiger partial charge in [0, 0.05) is 11.1 Å². The van der Waals surface area contributed by atoms with Crippen molar-refractivity contribution >= 4 is 23.5 Å². The van der Waals surface area contributed by atoms with Gasteiger partial charge in [-0.05, 0) is 44.2 Å². The monoisotopic (exact) mass is 397 g/mol. The van der Waals surface area contributed by atoms with Crippen LogP contribution in [0.25, 0.3) is 5.69 Å². The molecule has 0 radical (unpaired) electrons. The van der Waals surface area contributed by atoms with E-state index in [-0.39, 0.29) is 22.2 Å². The van der Waals surface area contributed by atoms with Crippen molar-refractivity contribution in [2.45, 2.75) is 24.3 Å². The molecule has 1 aliphatic rings. The smallest absolute Gasteiger partial charge is 0.238 e. The Labute approximate surface area is 166 Å². The molecule has 4 rings (SSSR count). The van der Waals surface area contributed by atoms with Crippen molar-refractivity contribution in [1.29, 1.82) is 0 Å². The van der Waals surface area contributed by atoms with E-state index in [1.54, 1.807) is 35.7 Å². The summed E-state index contributed by atoms with van der Waals surface area (Å²) in [6, 6.07) is 13.9. The molecule has 7 heteroatoms. The molecule has 144 valence electrons. The molecule has 5 nitrogen and oxygen atoms in total. The Bertz CT molecular complexity index is 1030. The number of aryl methyl sites for hydroxylation is 1. The molecule has 0 saturated carbocycles. The normalized spacial score (nSPS) is 18.9. The maximum atomic E-state index is 13.4. The second-order valence-electron chi connectivity index (χ2n) is 6.63. The van der Waals surface area contributed by atoms with Gasteiger partial charge < -0.3 is 10.1 Å². The van der Waals surface area contributed by atoms with Gasteiger partial charge in [-0.2, -0.15) is 5.10 Å². The van der Waals surface area contributed by atoms with Gasteiger partial charge in [0.2, 0.25) is 5.91 Å². The quantitative estimate of drug-likeness (QED) is 0.707. The molecule has 3 aromatic rings. The Morgan fingerprint density at radius 2 is 1.89 bits per heavy atom. The average molecular weight is 397 g/mol. The van der Waals surface area contributed by atoms with E-state index in [0.717, 1.165) is 22.6 Å². The lowest BCUT2D eigenvalue weighted by Gasteiger charge is -2.19. The van der Waals surface area contributed by atoms with Crippen molar-refractivity contribution in [3.05, 3.63) is 71.2 Å². The van der Waals surface area contributed by atoms with Gasteiger partial charge in [-0.25, -0.2) is 9.07 Å². The molecular formula is C21H20FN3O2S. The number of nitrogens with one attached hydrogen (secondary N) is 1. The highest BCUT2D eigenvalue weighted by Gasteiger charge is 2.35. The molecule has 0 saturated heterocycles.